The van der Waals surface area contributed by atoms with Gasteiger partial charge in [-0.3, -0.25) is 4.79 Å². The van der Waals surface area contributed by atoms with Gasteiger partial charge in [0.25, 0.3) is 0 Å². The molecule has 0 radical (unpaired) electrons. The second kappa shape index (κ2) is 7.46. The second-order valence-electron chi connectivity index (χ2n) is 7.14. The van der Waals surface area contributed by atoms with Crippen molar-refractivity contribution >= 4 is 5.91 Å². The summed E-state index contributed by atoms with van der Waals surface area (Å²) in [5.74, 6) is 1.66. The van der Waals surface area contributed by atoms with Gasteiger partial charge < -0.3 is 9.84 Å². The molecule has 1 aromatic carbocycles. The van der Waals surface area contributed by atoms with Crippen LogP contribution in [-0.4, -0.2) is 32.0 Å². The van der Waals surface area contributed by atoms with Gasteiger partial charge in [0.15, 0.2) is 0 Å². The molecule has 3 aromatic rings. The Balaban J connectivity index is 1.44. The van der Waals surface area contributed by atoms with Crippen molar-refractivity contribution in [1.82, 2.24) is 24.8 Å². The highest BCUT2D eigenvalue weighted by atomic mass is 16.5. The van der Waals surface area contributed by atoms with Gasteiger partial charge in [0.05, 0.1) is 24.3 Å². The summed E-state index contributed by atoms with van der Waals surface area (Å²) >= 11 is 0. The predicted octanol–water partition coefficient (Wildman–Crippen LogP) is 1.88. The normalized spacial score (nSPS) is 13.6. The highest BCUT2D eigenvalue weighted by Gasteiger charge is 2.31. The molecular formula is C20H23N5O3. The maximum absolute atomic E-state index is 12.9. The van der Waals surface area contributed by atoms with E-state index in [4.69, 9.17) is 4.52 Å². The van der Waals surface area contributed by atoms with E-state index in [0.29, 0.717) is 24.8 Å². The molecule has 0 spiro atoms. The molecule has 1 fully saturated rings. The van der Waals surface area contributed by atoms with E-state index in [1.54, 1.807) is 11.5 Å². The van der Waals surface area contributed by atoms with Gasteiger partial charge in [0.1, 0.15) is 11.6 Å². The molecule has 1 amide bonds. The summed E-state index contributed by atoms with van der Waals surface area (Å²) < 4.78 is 8.21. The zero-order valence-corrected chi connectivity index (χ0v) is 16.0. The van der Waals surface area contributed by atoms with Crippen molar-refractivity contribution in [3.05, 3.63) is 63.7 Å². The van der Waals surface area contributed by atoms with Crippen LogP contribution in [0.25, 0.3) is 5.69 Å². The smallest absolute Gasteiger partial charge is 0.350 e. The lowest BCUT2D eigenvalue weighted by Gasteiger charge is -2.05. The van der Waals surface area contributed by atoms with Gasteiger partial charge in [-0.2, -0.15) is 5.10 Å². The number of rotatable bonds is 7. The monoisotopic (exact) mass is 381 g/mol. The van der Waals surface area contributed by atoms with Crippen LogP contribution in [0, 0.1) is 13.8 Å². The van der Waals surface area contributed by atoms with E-state index in [9.17, 15) is 9.59 Å². The third kappa shape index (κ3) is 3.62. The van der Waals surface area contributed by atoms with E-state index < -0.39 is 0 Å². The zero-order valence-electron chi connectivity index (χ0n) is 16.0. The van der Waals surface area contributed by atoms with Gasteiger partial charge >= 0.3 is 5.69 Å². The molecule has 1 saturated carbocycles. The SMILES string of the molecule is Cc1noc(C)c1CC(=O)NCCn1nc(C2CC2)n(-c2ccccc2)c1=O. The van der Waals surface area contributed by atoms with Gasteiger partial charge in [0.2, 0.25) is 5.91 Å². The molecular weight excluding hydrogens is 358 g/mol. The Morgan fingerprint density at radius 2 is 2.00 bits per heavy atom. The first-order chi connectivity index (χ1) is 13.5. The maximum Gasteiger partial charge on any atom is 0.350 e. The van der Waals surface area contributed by atoms with Crippen molar-refractivity contribution < 1.29 is 9.32 Å². The van der Waals surface area contributed by atoms with E-state index in [1.807, 2.05) is 37.3 Å². The van der Waals surface area contributed by atoms with E-state index in [0.717, 1.165) is 35.6 Å². The van der Waals surface area contributed by atoms with E-state index in [1.165, 1.54) is 4.68 Å². The number of nitrogens with zero attached hydrogens (tertiary/aromatic N) is 4. The molecule has 2 aromatic heterocycles. The van der Waals surface area contributed by atoms with Crippen molar-refractivity contribution in [1.29, 1.82) is 0 Å². The summed E-state index contributed by atoms with van der Waals surface area (Å²) in [6, 6.07) is 9.55. The van der Waals surface area contributed by atoms with Crippen LogP contribution in [0.1, 0.15) is 41.6 Å². The summed E-state index contributed by atoms with van der Waals surface area (Å²) in [5, 5.41) is 11.2. The van der Waals surface area contributed by atoms with Crippen LogP contribution in [-0.2, 0) is 17.8 Å². The quantitative estimate of drug-likeness (QED) is 0.674. The number of aromatic nitrogens is 4. The number of carbonyl (C=O) groups is 1. The number of para-hydroxylation sites is 1. The van der Waals surface area contributed by atoms with Gasteiger partial charge in [-0.05, 0) is 38.8 Å². The van der Waals surface area contributed by atoms with Crippen LogP contribution in [0.3, 0.4) is 0 Å². The predicted molar refractivity (Wildman–Crippen MR) is 102 cm³/mol. The number of amides is 1. The van der Waals surface area contributed by atoms with Crippen molar-refractivity contribution in [3.63, 3.8) is 0 Å². The van der Waals surface area contributed by atoms with Crippen LogP contribution >= 0.6 is 0 Å². The summed E-state index contributed by atoms with van der Waals surface area (Å²) in [6.07, 6.45) is 2.32. The van der Waals surface area contributed by atoms with Crippen LogP contribution in [0.5, 0.6) is 0 Å². The topological polar surface area (TPSA) is 94.9 Å². The van der Waals surface area contributed by atoms with Gasteiger partial charge in [-0.25, -0.2) is 14.0 Å². The Kier molecular flexibility index (Phi) is 4.85. The first kappa shape index (κ1) is 18.2. The fraction of sp³-hybridized carbons (Fsp3) is 0.400. The summed E-state index contributed by atoms with van der Waals surface area (Å²) in [7, 11) is 0. The molecule has 0 atom stereocenters. The number of carbonyl (C=O) groups excluding carboxylic acids is 1. The van der Waals surface area contributed by atoms with Gasteiger partial charge in [-0.1, -0.05) is 23.4 Å². The minimum Gasteiger partial charge on any atom is -0.361 e. The summed E-state index contributed by atoms with van der Waals surface area (Å²) in [4.78, 5) is 25.1. The van der Waals surface area contributed by atoms with Crippen LogP contribution < -0.4 is 11.0 Å². The number of benzene rings is 1. The molecule has 28 heavy (non-hydrogen) atoms. The molecule has 1 aliphatic rings. The molecule has 1 aliphatic carbocycles. The largest absolute Gasteiger partial charge is 0.361 e. The minimum absolute atomic E-state index is 0.132. The fourth-order valence-electron chi connectivity index (χ4n) is 3.27. The number of nitrogens with one attached hydrogen (secondary N) is 1. The Labute approximate surface area is 162 Å². The molecule has 8 nitrogen and oxygen atoms in total. The second-order valence-corrected chi connectivity index (χ2v) is 7.14. The third-order valence-corrected chi connectivity index (χ3v) is 4.99. The Morgan fingerprint density at radius 3 is 2.64 bits per heavy atom. The number of aryl methyl sites for hydroxylation is 2. The van der Waals surface area contributed by atoms with Gasteiger partial charge in [-0.15, -0.1) is 0 Å². The van der Waals surface area contributed by atoms with Crippen molar-refractivity contribution in [2.75, 3.05) is 6.54 Å². The Hall–Kier alpha value is -3.16. The highest BCUT2D eigenvalue weighted by Crippen LogP contribution is 2.39. The molecule has 0 bridgehead atoms. The van der Waals surface area contributed by atoms with Gasteiger partial charge in [0, 0.05) is 18.0 Å². The fourth-order valence-corrected chi connectivity index (χ4v) is 3.27. The lowest BCUT2D eigenvalue weighted by molar-refractivity contribution is -0.120. The Morgan fingerprint density at radius 1 is 1.25 bits per heavy atom. The molecule has 0 aliphatic heterocycles. The third-order valence-electron chi connectivity index (χ3n) is 4.99. The maximum atomic E-state index is 12.9. The lowest BCUT2D eigenvalue weighted by atomic mass is 10.1. The highest BCUT2D eigenvalue weighted by molar-refractivity contribution is 5.78. The number of hydrogen-bond donors (Lipinski definition) is 1. The molecule has 146 valence electrons. The molecule has 8 heteroatoms. The summed E-state index contributed by atoms with van der Waals surface area (Å²) in [5.41, 5.74) is 2.18. The Bertz CT molecular complexity index is 1020. The van der Waals surface area contributed by atoms with Crippen LogP contribution in [0.4, 0.5) is 0 Å². The van der Waals surface area contributed by atoms with Crippen LogP contribution in [0.2, 0.25) is 0 Å². The van der Waals surface area contributed by atoms with Crippen molar-refractivity contribution in [2.45, 2.75) is 45.6 Å². The van der Waals surface area contributed by atoms with E-state index >= 15 is 0 Å². The molecule has 0 saturated heterocycles. The molecule has 4 rings (SSSR count). The van der Waals surface area contributed by atoms with Crippen molar-refractivity contribution in [3.8, 4) is 5.69 Å². The lowest BCUT2D eigenvalue weighted by Crippen LogP contribution is -2.32. The zero-order chi connectivity index (χ0) is 19.7. The first-order valence-corrected chi connectivity index (χ1v) is 9.48. The van der Waals surface area contributed by atoms with E-state index in [-0.39, 0.29) is 18.0 Å². The van der Waals surface area contributed by atoms with Crippen molar-refractivity contribution in [2.24, 2.45) is 0 Å². The average molecular weight is 381 g/mol. The standard InChI is InChI=1S/C20H23N5O3/c1-13-17(14(2)28-23-13)12-18(26)21-10-11-24-20(27)25(16-6-4-3-5-7-16)19(22-24)15-8-9-15/h3-7,15H,8-12H2,1-2H3,(H,21,26). The number of hydrogen-bond acceptors (Lipinski definition) is 5. The minimum atomic E-state index is -0.173. The average Bonchev–Trinajstić information content (AvgIpc) is 3.43. The molecule has 2 heterocycles. The molecule has 1 N–H and O–H groups in total. The van der Waals surface area contributed by atoms with E-state index in [2.05, 4.69) is 15.6 Å². The van der Waals surface area contributed by atoms with Crippen LogP contribution in [0.15, 0.2) is 39.6 Å². The first-order valence-electron chi connectivity index (χ1n) is 9.48. The summed E-state index contributed by atoms with van der Waals surface area (Å²) in [6.45, 7) is 4.26. The molecule has 0 unspecified atom stereocenters.